The van der Waals surface area contributed by atoms with E-state index in [0.717, 1.165) is 29.5 Å². The Kier molecular flexibility index (Phi) is 5.31. The Labute approximate surface area is 147 Å². The topological polar surface area (TPSA) is 0 Å². The van der Waals surface area contributed by atoms with Crippen LogP contribution in [-0.2, 0) is 19.3 Å². The van der Waals surface area contributed by atoms with E-state index in [0.29, 0.717) is 42.4 Å². The smallest absolute Gasteiger partial charge is 0.166 e. The van der Waals surface area contributed by atoms with Gasteiger partial charge in [0.15, 0.2) is 11.6 Å². The van der Waals surface area contributed by atoms with E-state index < -0.39 is 11.6 Å². The van der Waals surface area contributed by atoms with Gasteiger partial charge in [0.25, 0.3) is 0 Å². The molecule has 0 saturated carbocycles. The summed E-state index contributed by atoms with van der Waals surface area (Å²) in [5.41, 5.74) is 4.00. The van der Waals surface area contributed by atoms with Gasteiger partial charge in [0.1, 0.15) is 5.82 Å². The van der Waals surface area contributed by atoms with E-state index in [1.165, 1.54) is 6.07 Å². The highest BCUT2D eigenvalue weighted by molar-refractivity contribution is 5.84. The molecule has 25 heavy (non-hydrogen) atoms. The minimum absolute atomic E-state index is 0.236. The highest BCUT2D eigenvalue weighted by Gasteiger charge is 2.20. The fourth-order valence-corrected chi connectivity index (χ4v) is 3.45. The molecular formula is C22H23F3. The summed E-state index contributed by atoms with van der Waals surface area (Å²) in [6.07, 6.45) is 6.12. The van der Waals surface area contributed by atoms with E-state index in [1.54, 1.807) is 18.2 Å². The van der Waals surface area contributed by atoms with Crippen LogP contribution in [0.2, 0.25) is 0 Å². The average molecular weight is 344 g/mol. The summed E-state index contributed by atoms with van der Waals surface area (Å²) in [6.45, 7) is 3.95. The van der Waals surface area contributed by atoms with Crippen LogP contribution in [0, 0.1) is 17.5 Å². The van der Waals surface area contributed by atoms with Gasteiger partial charge in [-0.15, -0.1) is 0 Å². The van der Waals surface area contributed by atoms with Gasteiger partial charge in [0.05, 0.1) is 0 Å². The predicted molar refractivity (Wildman–Crippen MR) is 96.9 cm³/mol. The average Bonchev–Trinajstić information content (AvgIpc) is 2.62. The van der Waals surface area contributed by atoms with Crippen molar-refractivity contribution in [3.8, 4) is 0 Å². The second kappa shape index (κ2) is 7.47. The number of allylic oxidation sites excluding steroid dienone is 1. The van der Waals surface area contributed by atoms with Crippen molar-refractivity contribution in [2.45, 2.75) is 52.4 Å². The zero-order valence-electron chi connectivity index (χ0n) is 14.8. The second-order valence-corrected chi connectivity index (χ2v) is 6.67. The summed E-state index contributed by atoms with van der Waals surface area (Å²) in [5.74, 6) is -1.76. The monoisotopic (exact) mass is 344 g/mol. The maximum Gasteiger partial charge on any atom is 0.166 e. The number of hydrogen-bond acceptors (Lipinski definition) is 0. The molecule has 0 nitrogen and oxygen atoms in total. The predicted octanol–water partition coefficient (Wildman–Crippen LogP) is 6.50. The fourth-order valence-electron chi connectivity index (χ4n) is 3.45. The van der Waals surface area contributed by atoms with Gasteiger partial charge in [-0.2, -0.15) is 0 Å². The number of aryl methyl sites for hydroxylation is 3. The summed E-state index contributed by atoms with van der Waals surface area (Å²) in [7, 11) is 0. The maximum atomic E-state index is 14.6. The van der Waals surface area contributed by atoms with Crippen molar-refractivity contribution in [3.63, 3.8) is 0 Å². The summed E-state index contributed by atoms with van der Waals surface area (Å²) < 4.78 is 43.0. The van der Waals surface area contributed by atoms with Gasteiger partial charge in [-0.3, -0.25) is 0 Å². The van der Waals surface area contributed by atoms with E-state index >= 15 is 0 Å². The number of fused-ring (bicyclic) bond motifs is 1. The van der Waals surface area contributed by atoms with Gasteiger partial charge < -0.3 is 0 Å². The first kappa shape index (κ1) is 17.8. The van der Waals surface area contributed by atoms with Gasteiger partial charge in [0.2, 0.25) is 0 Å². The van der Waals surface area contributed by atoms with Crippen molar-refractivity contribution in [2.75, 3.05) is 0 Å². The first-order chi connectivity index (χ1) is 12.0. The summed E-state index contributed by atoms with van der Waals surface area (Å²) in [6, 6.07) is 6.75. The zero-order valence-corrected chi connectivity index (χ0v) is 14.8. The number of benzene rings is 2. The van der Waals surface area contributed by atoms with Crippen molar-refractivity contribution < 1.29 is 13.2 Å². The maximum absolute atomic E-state index is 14.6. The van der Waals surface area contributed by atoms with E-state index in [1.807, 2.05) is 19.9 Å². The molecule has 0 N–H and O–H groups in total. The van der Waals surface area contributed by atoms with Crippen LogP contribution in [-0.4, -0.2) is 0 Å². The van der Waals surface area contributed by atoms with Crippen LogP contribution in [0.3, 0.4) is 0 Å². The summed E-state index contributed by atoms with van der Waals surface area (Å²) >= 11 is 0. The Morgan fingerprint density at radius 1 is 0.920 bits per heavy atom. The van der Waals surface area contributed by atoms with E-state index in [2.05, 4.69) is 0 Å². The van der Waals surface area contributed by atoms with Gasteiger partial charge in [-0.25, -0.2) is 13.2 Å². The Hall–Kier alpha value is -2.03. The quantitative estimate of drug-likeness (QED) is 0.581. The Morgan fingerprint density at radius 2 is 1.72 bits per heavy atom. The molecule has 0 bridgehead atoms. The van der Waals surface area contributed by atoms with Gasteiger partial charge >= 0.3 is 0 Å². The van der Waals surface area contributed by atoms with Crippen LogP contribution in [0.15, 0.2) is 24.3 Å². The third-order valence-corrected chi connectivity index (χ3v) is 4.99. The lowest BCUT2D eigenvalue weighted by Gasteiger charge is -2.19. The first-order valence-corrected chi connectivity index (χ1v) is 9.04. The molecule has 0 aromatic heterocycles. The van der Waals surface area contributed by atoms with Crippen molar-refractivity contribution in [3.05, 3.63) is 69.5 Å². The number of hydrogen-bond donors (Lipinski definition) is 0. The molecule has 0 aliphatic heterocycles. The van der Waals surface area contributed by atoms with Crippen molar-refractivity contribution >= 4 is 11.6 Å². The van der Waals surface area contributed by atoms with Gasteiger partial charge in [-0.05, 0) is 66.0 Å². The molecule has 3 rings (SSSR count). The Bertz CT molecular complexity index is 819. The van der Waals surface area contributed by atoms with E-state index in [4.69, 9.17) is 0 Å². The normalized spacial score (nSPS) is 13.6. The summed E-state index contributed by atoms with van der Waals surface area (Å²) in [4.78, 5) is 0. The third-order valence-electron chi connectivity index (χ3n) is 4.99. The van der Waals surface area contributed by atoms with Gasteiger partial charge in [0, 0.05) is 5.56 Å². The molecular weight excluding hydrogens is 321 g/mol. The molecule has 2 aromatic rings. The van der Waals surface area contributed by atoms with Crippen LogP contribution >= 0.6 is 0 Å². The molecule has 132 valence electrons. The SMILES string of the molecule is CCCCc1ccc(C2=Cc3cc(F)c(CC)cc3CC2)c(F)c1F. The lowest BCUT2D eigenvalue weighted by atomic mass is 9.86. The van der Waals surface area contributed by atoms with Crippen LogP contribution < -0.4 is 0 Å². The summed E-state index contributed by atoms with van der Waals surface area (Å²) in [5, 5.41) is 0. The Morgan fingerprint density at radius 3 is 2.44 bits per heavy atom. The zero-order chi connectivity index (χ0) is 18.0. The van der Waals surface area contributed by atoms with Gasteiger partial charge in [-0.1, -0.05) is 44.5 Å². The van der Waals surface area contributed by atoms with Crippen LogP contribution in [0.4, 0.5) is 13.2 Å². The van der Waals surface area contributed by atoms with Crippen LogP contribution in [0.5, 0.6) is 0 Å². The van der Waals surface area contributed by atoms with Crippen LogP contribution in [0.25, 0.3) is 11.6 Å². The molecule has 0 amide bonds. The molecule has 1 aliphatic carbocycles. The van der Waals surface area contributed by atoms with E-state index in [9.17, 15) is 13.2 Å². The van der Waals surface area contributed by atoms with Crippen molar-refractivity contribution in [1.82, 2.24) is 0 Å². The molecule has 3 heteroatoms. The molecule has 0 atom stereocenters. The molecule has 0 radical (unpaired) electrons. The first-order valence-electron chi connectivity index (χ1n) is 9.04. The highest BCUT2D eigenvalue weighted by Crippen LogP contribution is 2.34. The molecule has 0 fully saturated rings. The van der Waals surface area contributed by atoms with Crippen molar-refractivity contribution in [2.24, 2.45) is 0 Å². The largest absolute Gasteiger partial charge is 0.207 e. The lowest BCUT2D eigenvalue weighted by molar-refractivity contribution is 0.494. The number of rotatable bonds is 5. The van der Waals surface area contributed by atoms with Crippen molar-refractivity contribution in [1.29, 1.82) is 0 Å². The second-order valence-electron chi connectivity index (χ2n) is 6.67. The van der Waals surface area contributed by atoms with E-state index in [-0.39, 0.29) is 5.82 Å². The minimum atomic E-state index is -0.783. The molecule has 0 saturated heterocycles. The fraction of sp³-hybridized carbons (Fsp3) is 0.364. The standard InChI is InChI=1S/C22H23F3/c1-3-5-6-15-9-10-19(22(25)21(15)24)17-8-7-16-11-14(4-2)20(23)13-18(16)12-17/h9-13H,3-8H2,1-2H3. The molecule has 0 spiro atoms. The molecule has 1 aliphatic rings. The number of unbranched alkanes of at least 4 members (excludes halogenated alkanes) is 1. The van der Waals surface area contributed by atoms with Crippen LogP contribution in [0.1, 0.15) is 60.9 Å². The molecule has 0 unspecified atom stereocenters. The molecule has 2 aromatic carbocycles. The lowest BCUT2D eigenvalue weighted by Crippen LogP contribution is -2.05. The molecule has 0 heterocycles. The Balaban J connectivity index is 1.98. The number of halogens is 3. The minimum Gasteiger partial charge on any atom is -0.207 e. The highest BCUT2D eigenvalue weighted by atomic mass is 19.2. The third kappa shape index (κ3) is 3.51.